The molecule has 0 radical (unpaired) electrons. The van der Waals surface area contributed by atoms with Gasteiger partial charge in [-0.2, -0.15) is 0 Å². The summed E-state index contributed by atoms with van der Waals surface area (Å²) in [4.78, 5) is 27.2. The van der Waals surface area contributed by atoms with Crippen molar-refractivity contribution in [1.29, 1.82) is 0 Å². The van der Waals surface area contributed by atoms with Crippen molar-refractivity contribution in [1.82, 2.24) is 9.89 Å². The average molecular weight is 549 g/mol. The average Bonchev–Trinajstić information content (AvgIpc) is 2.90. The third-order valence-corrected chi connectivity index (χ3v) is 7.71. The summed E-state index contributed by atoms with van der Waals surface area (Å²) in [6.45, 7) is 3.16. The predicted octanol–water partition coefficient (Wildman–Crippen LogP) is 3.29. The highest BCUT2D eigenvalue weighted by Gasteiger charge is 2.24. The second-order valence-electron chi connectivity index (χ2n) is 9.48. The molecule has 0 fully saturated rings. The van der Waals surface area contributed by atoms with Crippen LogP contribution in [0.2, 0.25) is 0 Å². The molecule has 0 bridgehead atoms. The number of nitrogens with zero attached hydrogens (tertiary/aromatic N) is 2. The van der Waals surface area contributed by atoms with Gasteiger partial charge in [0.1, 0.15) is 25.4 Å². The molecular formula is C29H30N3O6S+. The van der Waals surface area contributed by atoms with Gasteiger partial charge in [0, 0.05) is 65.9 Å². The minimum Gasteiger partial charge on any atom is -0.478 e. The van der Waals surface area contributed by atoms with E-state index in [9.17, 15) is 23.1 Å². The van der Waals surface area contributed by atoms with Crippen LogP contribution in [0.5, 0.6) is 0 Å². The van der Waals surface area contributed by atoms with Crippen LogP contribution in [0, 0.1) is 0 Å². The fourth-order valence-electron chi connectivity index (χ4n) is 4.29. The van der Waals surface area contributed by atoms with Crippen LogP contribution >= 0.6 is 0 Å². The molecule has 1 heterocycles. The van der Waals surface area contributed by atoms with Crippen LogP contribution in [0.25, 0.3) is 33.4 Å². The topological polar surface area (TPSA) is 120 Å². The molecule has 0 unspecified atom stereocenters. The third-order valence-electron chi connectivity index (χ3n) is 6.43. The Hall–Kier alpha value is -4.44. The molecule has 1 aliphatic carbocycles. The van der Waals surface area contributed by atoms with Gasteiger partial charge in [0.25, 0.3) is 5.91 Å². The van der Waals surface area contributed by atoms with Gasteiger partial charge in [0.15, 0.2) is 9.84 Å². The van der Waals surface area contributed by atoms with Gasteiger partial charge in [-0.15, -0.1) is 0 Å². The lowest BCUT2D eigenvalue weighted by Gasteiger charge is -2.19. The van der Waals surface area contributed by atoms with Gasteiger partial charge in [0.2, 0.25) is 5.36 Å². The van der Waals surface area contributed by atoms with Crippen molar-refractivity contribution in [2.24, 2.45) is 0 Å². The maximum atomic E-state index is 12.9. The molecule has 2 aromatic rings. The normalized spacial score (nSPS) is 11.4. The van der Waals surface area contributed by atoms with E-state index in [-0.39, 0.29) is 23.4 Å². The number of carbonyl (C=O) groups excluding carboxylic acids is 1. The summed E-state index contributed by atoms with van der Waals surface area (Å²) in [5.41, 5.74) is 3.31. The number of sulfone groups is 1. The van der Waals surface area contributed by atoms with E-state index in [2.05, 4.69) is 11.9 Å². The predicted molar refractivity (Wildman–Crippen MR) is 153 cm³/mol. The lowest BCUT2D eigenvalue weighted by atomic mass is 9.89. The van der Waals surface area contributed by atoms with Crippen LogP contribution in [0.1, 0.15) is 20.7 Å². The number of nitrogens with one attached hydrogen (secondary N) is 1. The second kappa shape index (κ2) is 10.7. The first-order valence-electron chi connectivity index (χ1n) is 12.1. The highest BCUT2D eigenvalue weighted by Crippen LogP contribution is 2.42. The zero-order valence-corrected chi connectivity index (χ0v) is 23.0. The van der Waals surface area contributed by atoms with E-state index in [1.165, 1.54) is 18.2 Å². The quantitative estimate of drug-likeness (QED) is 0.256. The number of anilines is 1. The smallest absolute Gasteiger partial charge is 0.336 e. The number of hydrogen-bond acceptors (Lipinski definition) is 6. The minimum absolute atomic E-state index is 0.0166. The molecule has 39 heavy (non-hydrogen) atoms. The molecule has 0 atom stereocenters. The largest absolute Gasteiger partial charge is 0.478 e. The van der Waals surface area contributed by atoms with Gasteiger partial charge in [-0.3, -0.25) is 4.79 Å². The van der Waals surface area contributed by atoms with Crippen LogP contribution in [0.3, 0.4) is 0 Å². The van der Waals surface area contributed by atoms with Gasteiger partial charge < -0.3 is 19.7 Å². The number of aromatic carboxylic acids is 1. The molecule has 1 aliphatic heterocycles. The Morgan fingerprint density at radius 3 is 2.44 bits per heavy atom. The molecule has 2 N–H and O–H groups in total. The summed E-state index contributed by atoms with van der Waals surface area (Å²) in [7, 11) is 4.18. The molecule has 202 valence electrons. The van der Waals surface area contributed by atoms with Gasteiger partial charge in [-0.25, -0.2) is 17.8 Å². The van der Waals surface area contributed by atoms with Gasteiger partial charge in [-0.05, 0) is 42.0 Å². The molecule has 0 spiro atoms. The fourth-order valence-corrected chi connectivity index (χ4v) is 4.84. The molecular weight excluding hydrogens is 518 g/mol. The first kappa shape index (κ1) is 27.6. The standard InChI is InChI=1S/C29H29N3O6S/c1-6-39(36,37)14-13-30-28(33)18-7-10-21(29(34)35)24(15-18)27-22-11-8-19(31(2)3)16-25(22)38-26-17-20(32(4)5)9-12-23(26)27/h6-12,15-17H,1,13-14H2,2-5H3,(H-,30,33,34,35)/p+1. The first-order chi connectivity index (χ1) is 18.4. The number of benzene rings is 3. The molecule has 0 saturated carbocycles. The molecule has 2 aromatic carbocycles. The summed E-state index contributed by atoms with van der Waals surface area (Å²) in [6.07, 6.45) is 0. The van der Waals surface area contributed by atoms with Gasteiger partial charge >= 0.3 is 5.97 Å². The van der Waals surface area contributed by atoms with Crippen molar-refractivity contribution in [2.75, 3.05) is 45.4 Å². The number of rotatable bonds is 8. The van der Waals surface area contributed by atoms with Gasteiger partial charge in [-0.1, -0.05) is 6.58 Å². The maximum absolute atomic E-state index is 12.9. The van der Waals surface area contributed by atoms with Crippen LogP contribution in [0.4, 0.5) is 5.69 Å². The lowest BCUT2D eigenvalue weighted by Crippen LogP contribution is -2.28. The Balaban J connectivity index is 1.97. The van der Waals surface area contributed by atoms with Crippen molar-refractivity contribution in [3.63, 3.8) is 0 Å². The van der Waals surface area contributed by atoms with E-state index in [4.69, 9.17) is 4.42 Å². The molecule has 2 aliphatic rings. The van der Waals surface area contributed by atoms with Crippen LogP contribution in [0.15, 0.2) is 71.0 Å². The minimum atomic E-state index is -3.48. The zero-order chi connectivity index (χ0) is 28.5. The van der Waals surface area contributed by atoms with Crippen LogP contribution in [-0.4, -0.2) is 65.9 Å². The summed E-state index contributed by atoms with van der Waals surface area (Å²) in [6, 6.07) is 15.7. The second-order valence-corrected chi connectivity index (χ2v) is 11.5. The van der Waals surface area contributed by atoms with E-state index in [0.29, 0.717) is 33.4 Å². The Morgan fingerprint density at radius 2 is 1.79 bits per heavy atom. The summed E-state index contributed by atoms with van der Waals surface area (Å²) >= 11 is 0. The van der Waals surface area contributed by atoms with Gasteiger partial charge in [0.05, 0.1) is 17.4 Å². The van der Waals surface area contributed by atoms with Crippen molar-refractivity contribution >= 4 is 38.4 Å². The Bertz CT molecular complexity index is 1770. The lowest BCUT2D eigenvalue weighted by molar-refractivity contribution is 0.0697. The number of carboxylic acids is 1. The number of amides is 1. The van der Waals surface area contributed by atoms with Crippen molar-refractivity contribution in [3.05, 3.63) is 83.1 Å². The molecule has 4 rings (SSSR count). The third kappa shape index (κ3) is 5.70. The van der Waals surface area contributed by atoms with E-state index < -0.39 is 21.7 Å². The number of carbonyl (C=O) groups is 2. The Labute approximate surface area is 226 Å². The van der Waals surface area contributed by atoms with Crippen LogP contribution in [-0.2, 0) is 9.84 Å². The van der Waals surface area contributed by atoms with Crippen molar-refractivity contribution in [3.8, 4) is 22.5 Å². The van der Waals surface area contributed by atoms with Crippen LogP contribution < -0.4 is 20.1 Å². The molecule has 10 heteroatoms. The Kier molecular flexibility index (Phi) is 7.60. The maximum Gasteiger partial charge on any atom is 0.336 e. The molecule has 1 amide bonds. The zero-order valence-electron chi connectivity index (χ0n) is 22.2. The first-order valence-corrected chi connectivity index (χ1v) is 13.8. The highest BCUT2D eigenvalue weighted by molar-refractivity contribution is 7.94. The van der Waals surface area contributed by atoms with Crippen molar-refractivity contribution in [2.45, 2.75) is 0 Å². The summed E-state index contributed by atoms with van der Waals surface area (Å²) in [5.74, 6) is -1.40. The monoisotopic (exact) mass is 548 g/mol. The SMILES string of the molecule is C=CS(=O)(=O)CCNC(=O)c1ccc(C(=O)O)c(-c2c3ccc(=[N+](C)C)cc-3oc3cc(N(C)C)ccc23)c1. The van der Waals surface area contributed by atoms with Crippen molar-refractivity contribution < 1.29 is 27.5 Å². The molecule has 0 saturated heterocycles. The van der Waals surface area contributed by atoms with E-state index in [1.54, 1.807) is 0 Å². The number of fused-ring (bicyclic) bond motifs is 2. The highest BCUT2D eigenvalue weighted by atomic mass is 32.2. The number of carboxylic acid groups (broad SMARTS) is 1. The molecule has 0 aromatic heterocycles. The van der Waals surface area contributed by atoms with E-state index >= 15 is 0 Å². The van der Waals surface area contributed by atoms with E-state index in [0.717, 1.165) is 16.5 Å². The Morgan fingerprint density at radius 1 is 1.05 bits per heavy atom. The summed E-state index contributed by atoms with van der Waals surface area (Å²) in [5, 5.41) is 15.1. The number of hydrogen-bond donors (Lipinski definition) is 2. The molecule has 9 nitrogen and oxygen atoms in total. The summed E-state index contributed by atoms with van der Waals surface area (Å²) < 4.78 is 31.7. The van der Waals surface area contributed by atoms with E-state index in [1.807, 2.05) is 74.1 Å². The fraction of sp³-hybridized carbons (Fsp3) is 0.207.